The van der Waals surface area contributed by atoms with Gasteiger partial charge >= 0.3 is 0 Å². The summed E-state index contributed by atoms with van der Waals surface area (Å²) in [5.41, 5.74) is 3.12. The largest absolute Gasteiger partial charge is 0.298 e. The summed E-state index contributed by atoms with van der Waals surface area (Å²) in [6, 6.07) is 9.78. The average Bonchev–Trinajstić information content (AvgIpc) is 2.65. The first kappa shape index (κ1) is 9.16. The standard InChI is InChI=1S/C12H10OS/c1-9-5-6-14-12(9)11-4-2-3-10(7-11)8-13/h2-8H,1H3. The summed E-state index contributed by atoms with van der Waals surface area (Å²) in [6.45, 7) is 2.08. The Hall–Kier alpha value is -1.41. The molecule has 14 heavy (non-hydrogen) atoms. The molecule has 2 heteroatoms. The molecule has 0 saturated carbocycles. The Kier molecular flexibility index (Phi) is 2.46. The van der Waals surface area contributed by atoms with Crippen molar-refractivity contribution in [2.24, 2.45) is 0 Å². The van der Waals surface area contributed by atoms with E-state index < -0.39 is 0 Å². The van der Waals surface area contributed by atoms with Crippen LogP contribution in [-0.4, -0.2) is 6.29 Å². The molecule has 0 aliphatic heterocycles. The highest BCUT2D eigenvalue weighted by Crippen LogP contribution is 2.29. The topological polar surface area (TPSA) is 17.1 Å². The van der Waals surface area contributed by atoms with Crippen molar-refractivity contribution in [3.05, 3.63) is 46.8 Å². The van der Waals surface area contributed by atoms with Gasteiger partial charge in [-0.1, -0.05) is 18.2 Å². The van der Waals surface area contributed by atoms with Gasteiger partial charge in [0.05, 0.1) is 0 Å². The molecule has 0 aliphatic carbocycles. The molecule has 2 rings (SSSR count). The molecule has 0 radical (unpaired) electrons. The van der Waals surface area contributed by atoms with E-state index in [-0.39, 0.29) is 0 Å². The van der Waals surface area contributed by atoms with Gasteiger partial charge in [0.1, 0.15) is 6.29 Å². The van der Waals surface area contributed by atoms with Gasteiger partial charge in [-0.3, -0.25) is 4.79 Å². The number of aryl methyl sites for hydroxylation is 1. The Morgan fingerprint density at radius 3 is 2.79 bits per heavy atom. The van der Waals surface area contributed by atoms with E-state index in [0.29, 0.717) is 0 Å². The van der Waals surface area contributed by atoms with E-state index in [4.69, 9.17) is 0 Å². The quantitative estimate of drug-likeness (QED) is 0.681. The highest BCUT2D eigenvalue weighted by Gasteiger charge is 2.03. The minimum Gasteiger partial charge on any atom is -0.298 e. The molecular weight excluding hydrogens is 192 g/mol. The van der Waals surface area contributed by atoms with Crippen molar-refractivity contribution in [2.45, 2.75) is 6.92 Å². The molecule has 0 spiro atoms. The Morgan fingerprint density at radius 1 is 1.29 bits per heavy atom. The van der Waals surface area contributed by atoms with Crippen molar-refractivity contribution in [1.29, 1.82) is 0 Å². The highest BCUT2D eigenvalue weighted by atomic mass is 32.1. The van der Waals surface area contributed by atoms with Gasteiger partial charge in [-0.2, -0.15) is 0 Å². The van der Waals surface area contributed by atoms with Crippen LogP contribution in [0.1, 0.15) is 15.9 Å². The maximum Gasteiger partial charge on any atom is 0.150 e. The molecule has 1 heterocycles. The van der Waals surface area contributed by atoms with Crippen molar-refractivity contribution in [2.75, 3.05) is 0 Å². The third-order valence-corrected chi connectivity index (χ3v) is 3.21. The number of carbonyl (C=O) groups is 1. The van der Waals surface area contributed by atoms with Crippen LogP contribution >= 0.6 is 11.3 Å². The zero-order chi connectivity index (χ0) is 9.97. The summed E-state index contributed by atoms with van der Waals surface area (Å²) in [5, 5.41) is 2.07. The Labute approximate surface area is 87.0 Å². The predicted molar refractivity (Wildman–Crippen MR) is 59.9 cm³/mol. The Bertz CT molecular complexity index is 457. The van der Waals surface area contributed by atoms with Gasteiger partial charge in [0, 0.05) is 10.4 Å². The van der Waals surface area contributed by atoms with Crippen LogP contribution in [0.2, 0.25) is 0 Å². The van der Waals surface area contributed by atoms with E-state index in [1.165, 1.54) is 10.4 Å². The SMILES string of the molecule is Cc1ccsc1-c1cccc(C=O)c1. The van der Waals surface area contributed by atoms with Crippen LogP contribution in [0, 0.1) is 6.92 Å². The van der Waals surface area contributed by atoms with Crippen molar-refractivity contribution >= 4 is 17.6 Å². The number of hydrogen-bond acceptors (Lipinski definition) is 2. The van der Waals surface area contributed by atoms with Crippen molar-refractivity contribution in [3.63, 3.8) is 0 Å². The Morgan fingerprint density at radius 2 is 2.14 bits per heavy atom. The molecule has 0 aliphatic rings. The van der Waals surface area contributed by atoms with Crippen molar-refractivity contribution in [1.82, 2.24) is 0 Å². The fraction of sp³-hybridized carbons (Fsp3) is 0.0833. The number of thiophene rings is 1. The molecular formula is C12H10OS. The van der Waals surface area contributed by atoms with Gasteiger partial charge in [-0.25, -0.2) is 0 Å². The van der Waals surface area contributed by atoms with E-state index in [2.05, 4.69) is 18.4 Å². The molecule has 0 bridgehead atoms. The molecule has 0 N–H and O–H groups in total. The van der Waals surface area contributed by atoms with E-state index in [1.807, 2.05) is 24.3 Å². The first-order chi connectivity index (χ1) is 6.81. The van der Waals surface area contributed by atoms with Crippen LogP contribution in [0.15, 0.2) is 35.7 Å². The fourth-order valence-corrected chi connectivity index (χ4v) is 2.35. The summed E-state index contributed by atoms with van der Waals surface area (Å²) in [6.07, 6.45) is 0.881. The van der Waals surface area contributed by atoms with Crippen molar-refractivity contribution in [3.8, 4) is 10.4 Å². The summed E-state index contributed by atoms with van der Waals surface area (Å²) in [7, 11) is 0. The van der Waals surface area contributed by atoms with Crippen LogP contribution in [0.5, 0.6) is 0 Å². The lowest BCUT2D eigenvalue weighted by molar-refractivity contribution is 0.112. The second-order valence-corrected chi connectivity index (χ2v) is 4.09. The normalized spacial score (nSPS) is 10.1. The average molecular weight is 202 g/mol. The highest BCUT2D eigenvalue weighted by molar-refractivity contribution is 7.13. The third-order valence-electron chi connectivity index (χ3n) is 2.15. The minimum absolute atomic E-state index is 0.732. The molecule has 0 fully saturated rings. The Balaban J connectivity index is 2.52. The third kappa shape index (κ3) is 1.61. The predicted octanol–water partition coefficient (Wildman–Crippen LogP) is 3.54. The summed E-state index contributed by atoms with van der Waals surface area (Å²) < 4.78 is 0. The van der Waals surface area contributed by atoms with Crippen LogP contribution in [0.3, 0.4) is 0 Å². The minimum atomic E-state index is 0.732. The van der Waals surface area contributed by atoms with E-state index in [9.17, 15) is 4.79 Å². The van der Waals surface area contributed by atoms with Gasteiger partial charge in [-0.15, -0.1) is 11.3 Å². The maximum absolute atomic E-state index is 10.6. The molecule has 2 aromatic rings. The number of benzene rings is 1. The molecule has 0 amide bonds. The smallest absolute Gasteiger partial charge is 0.150 e. The van der Waals surface area contributed by atoms with Gasteiger partial charge in [0.2, 0.25) is 0 Å². The van der Waals surface area contributed by atoms with E-state index in [0.717, 1.165) is 17.4 Å². The van der Waals surface area contributed by atoms with Crippen LogP contribution in [0.4, 0.5) is 0 Å². The van der Waals surface area contributed by atoms with Gasteiger partial charge in [0.25, 0.3) is 0 Å². The summed E-state index contributed by atoms with van der Waals surface area (Å²) >= 11 is 1.71. The maximum atomic E-state index is 10.6. The molecule has 70 valence electrons. The number of hydrogen-bond donors (Lipinski definition) is 0. The molecule has 0 atom stereocenters. The van der Waals surface area contributed by atoms with E-state index in [1.54, 1.807) is 11.3 Å². The van der Waals surface area contributed by atoms with Gasteiger partial charge in [0.15, 0.2) is 0 Å². The molecule has 0 saturated heterocycles. The first-order valence-corrected chi connectivity index (χ1v) is 5.29. The van der Waals surface area contributed by atoms with Gasteiger partial charge in [-0.05, 0) is 35.6 Å². The fourth-order valence-electron chi connectivity index (χ4n) is 1.42. The van der Waals surface area contributed by atoms with Crippen molar-refractivity contribution < 1.29 is 4.79 Å². The van der Waals surface area contributed by atoms with Crippen LogP contribution in [0.25, 0.3) is 10.4 Å². The lowest BCUT2D eigenvalue weighted by atomic mass is 10.1. The second-order valence-electron chi connectivity index (χ2n) is 3.18. The summed E-state index contributed by atoms with van der Waals surface area (Å²) in [4.78, 5) is 11.9. The lowest BCUT2D eigenvalue weighted by Crippen LogP contribution is -1.81. The number of rotatable bonds is 2. The number of aldehydes is 1. The zero-order valence-corrected chi connectivity index (χ0v) is 8.67. The molecule has 1 aromatic heterocycles. The zero-order valence-electron chi connectivity index (χ0n) is 7.86. The van der Waals surface area contributed by atoms with Gasteiger partial charge < -0.3 is 0 Å². The van der Waals surface area contributed by atoms with E-state index >= 15 is 0 Å². The lowest BCUT2D eigenvalue weighted by Gasteiger charge is -2.00. The number of carbonyl (C=O) groups excluding carboxylic acids is 1. The molecule has 1 nitrogen and oxygen atoms in total. The van der Waals surface area contributed by atoms with Crippen LogP contribution in [-0.2, 0) is 0 Å². The molecule has 1 aromatic carbocycles. The second kappa shape index (κ2) is 3.76. The van der Waals surface area contributed by atoms with Crippen LogP contribution < -0.4 is 0 Å². The summed E-state index contributed by atoms with van der Waals surface area (Å²) in [5.74, 6) is 0. The first-order valence-electron chi connectivity index (χ1n) is 4.41. The monoisotopic (exact) mass is 202 g/mol. The molecule has 0 unspecified atom stereocenters.